The normalized spacial score (nSPS) is 21.3. The van der Waals surface area contributed by atoms with Gasteiger partial charge in [0, 0.05) is 11.3 Å². The van der Waals surface area contributed by atoms with Gasteiger partial charge in [0.05, 0.1) is 19.3 Å². The van der Waals surface area contributed by atoms with Crippen LogP contribution in [-0.2, 0) is 29.3 Å². The van der Waals surface area contributed by atoms with Crippen molar-refractivity contribution in [2.24, 2.45) is 5.73 Å². The van der Waals surface area contributed by atoms with Crippen molar-refractivity contribution in [1.82, 2.24) is 5.32 Å². The van der Waals surface area contributed by atoms with Crippen LogP contribution in [0.5, 0.6) is 5.75 Å². The molecule has 8 nitrogen and oxygen atoms in total. The van der Waals surface area contributed by atoms with E-state index in [0.29, 0.717) is 5.56 Å². The number of amides is 1. The average Bonchev–Trinajstić information content (AvgIpc) is 2.85. The number of methoxy groups -OCH3 is 1. The number of hydrogen-bond donors (Lipinski definition) is 2. The Morgan fingerprint density at radius 3 is 2.58 bits per heavy atom. The Labute approximate surface area is 149 Å². The Morgan fingerprint density at radius 1 is 1.23 bits per heavy atom. The molecule has 136 valence electrons. The van der Waals surface area contributed by atoms with Gasteiger partial charge in [-0.15, -0.1) is 0 Å². The molecule has 1 atom stereocenters. The zero-order valence-corrected chi connectivity index (χ0v) is 14.5. The van der Waals surface area contributed by atoms with E-state index in [2.05, 4.69) is 5.32 Å². The number of allylic oxidation sites excluding steroid dienone is 1. The van der Waals surface area contributed by atoms with E-state index in [4.69, 9.17) is 19.9 Å². The fourth-order valence-electron chi connectivity index (χ4n) is 3.44. The van der Waals surface area contributed by atoms with Crippen LogP contribution in [0.1, 0.15) is 19.4 Å². The number of nitrogens with one attached hydrogen (secondary N) is 1. The Bertz CT molecular complexity index is 885. The Kier molecular flexibility index (Phi) is 4.19. The number of ether oxygens (including phenoxy) is 3. The highest BCUT2D eigenvalue weighted by Gasteiger charge is 2.61. The lowest BCUT2D eigenvalue weighted by atomic mass is 9.67. The van der Waals surface area contributed by atoms with Gasteiger partial charge in [0.25, 0.3) is 0 Å². The molecule has 1 aromatic carbocycles. The zero-order valence-electron chi connectivity index (χ0n) is 14.5. The van der Waals surface area contributed by atoms with Crippen LogP contribution in [0.3, 0.4) is 0 Å². The molecule has 2 heterocycles. The molecular formula is C18H18N2O6. The van der Waals surface area contributed by atoms with Gasteiger partial charge in [-0.3, -0.25) is 4.79 Å². The monoisotopic (exact) mass is 358 g/mol. The second-order valence-electron chi connectivity index (χ2n) is 5.75. The minimum atomic E-state index is -1.80. The number of fused-ring (bicyclic) bond motifs is 2. The van der Waals surface area contributed by atoms with Gasteiger partial charge in [-0.25, -0.2) is 9.59 Å². The van der Waals surface area contributed by atoms with Crippen molar-refractivity contribution in [2.45, 2.75) is 19.3 Å². The number of rotatable bonds is 3. The smallest absolute Gasteiger partial charge is 0.341 e. The molecule has 1 spiro atoms. The lowest BCUT2D eigenvalue weighted by Gasteiger charge is -2.35. The fraction of sp³-hybridized carbons (Fsp3) is 0.278. The third-order valence-corrected chi connectivity index (χ3v) is 4.39. The summed E-state index contributed by atoms with van der Waals surface area (Å²) in [4.78, 5) is 38.4. The number of esters is 2. The molecule has 0 aromatic heterocycles. The molecule has 0 radical (unpaired) electrons. The van der Waals surface area contributed by atoms with E-state index in [1.54, 1.807) is 38.1 Å². The Morgan fingerprint density at radius 2 is 1.92 bits per heavy atom. The molecule has 1 amide bonds. The van der Waals surface area contributed by atoms with E-state index >= 15 is 0 Å². The summed E-state index contributed by atoms with van der Waals surface area (Å²) in [6, 6.07) is 6.56. The molecule has 26 heavy (non-hydrogen) atoms. The highest BCUT2D eigenvalue weighted by molar-refractivity contribution is 6.17. The number of para-hydroxylation sites is 1. The highest BCUT2D eigenvalue weighted by atomic mass is 16.5. The molecule has 0 aliphatic carbocycles. The number of carbonyl (C=O) groups is 3. The van der Waals surface area contributed by atoms with Gasteiger partial charge in [0.1, 0.15) is 16.7 Å². The summed E-state index contributed by atoms with van der Waals surface area (Å²) in [6.45, 7) is 3.23. The maximum absolute atomic E-state index is 13.1. The van der Waals surface area contributed by atoms with E-state index < -0.39 is 23.3 Å². The summed E-state index contributed by atoms with van der Waals surface area (Å²) in [5.41, 5.74) is 4.51. The molecule has 2 aliphatic rings. The van der Waals surface area contributed by atoms with Crippen LogP contribution in [0.4, 0.5) is 0 Å². The Hall–Kier alpha value is -3.29. The van der Waals surface area contributed by atoms with Crippen molar-refractivity contribution in [3.63, 3.8) is 0 Å². The molecule has 3 N–H and O–H groups in total. The summed E-state index contributed by atoms with van der Waals surface area (Å²) in [5, 5.41) is 2.62. The van der Waals surface area contributed by atoms with Crippen LogP contribution in [0.2, 0.25) is 0 Å². The predicted molar refractivity (Wildman–Crippen MR) is 89.5 cm³/mol. The summed E-state index contributed by atoms with van der Waals surface area (Å²) in [5.74, 6) is -2.23. The van der Waals surface area contributed by atoms with Crippen molar-refractivity contribution in [1.29, 1.82) is 0 Å². The van der Waals surface area contributed by atoms with Crippen LogP contribution < -0.4 is 15.8 Å². The first-order chi connectivity index (χ1) is 12.4. The summed E-state index contributed by atoms with van der Waals surface area (Å²) in [6.07, 6.45) is 0. The van der Waals surface area contributed by atoms with Crippen molar-refractivity contribution >= 4 is 17.8 Å². The van der Waals surface area contributed by atoms with E-state index in [1.165, 1.54) is 7.11 Å². The van der Waals surface area contributed by atoms with Gasteiger partial charge in [0.15, 0.2) is 0 Å². The van der Waals surface area contributed by atoms with Crippen LogP contribution >= 0.6 is 0 Å². The molecule has 0 saturated carbocycles. The van der Waals surface area contributed by atoms with Gasteiger partial charge in [-0.1, -0.05) is 18.2 Å². The van der Waals surface area contributed by atoms with E-state index in [9.17, 15) is 14.4 Å². The zero-order chi connectivity index (χ0) is 19.1. The van der Waals surface area contributed by atoms with Crippen molar-refractivity contribution in [3.8, 4) is 5.75 Å². The first-order valence-corrected chi connectivity index (χ1v) is 7.95. The maximum atomic E-state index is 13.1. The minimum absolute atomic E-state index is 0.0215. The molecule has 0 saturated heterocycles. The molecule has 0 bridgehead atoms. The van der Waals surface area contributed by atoms with E-state index in [0.717, 1.165) is 0 Å². The van der Waals surface area contributed by atoms with Crippen LogP contribution in [0.25, 0.3) is 0 Å². The van der Waals surface area contributed by atoms with Gasteiger partial charge in [-0.2, -0.15) is 0 Å². The van der Waals surface area contributed by atoms with Crippen molar-refractivity contribution in [3.05, 3.63) is 52.6 Å². The second-order valence-corrected chi connectivity index (χ2v) is 5.75. The van der Waals surface area contributed by atoms with Crippen molar-refractivity contribution in [2.75, 3.05) is 13.7 Å². The molecule has 2 aliphatic heterocycles. The highest BCUT2D eigenvalue weighted by Crippen LogP contribution is 2.51. The standard InChI is InChI=1S/C18H18N2O6/c1-4-25-16(22)13-14(19)26-11-8-6-5-7-10(11)18(13)12(15(21)24-3)9(2)20-17(18)23/h5-8H,4,19H2,1-3H3,(H,20,23). The molecule has 1 unspecified atom stereocenters. The predicted octanol–water partition coefficient (Wildman–Crippen LogP) is 0.627. The first-order valence-electron chi connectivity index (χ1n) is 7.95. The van der Waals surface area contributed by atoms with Gasteiger partial charge in [0.2, 0.25) is 11.8 Å². The third-order valence-electron chi connectivity index (χ3n) is 4.39. The second kappa shape index (κ2) is 6.21. The molecule has 8 heteroatoms. The third kappa shape index (κ3) is 2.18. The topological polar surface area (TPSA) is 117 Å². The SMILES string of the molecule is CCOC(=O)C1=C(N)Oc2ccccc2C12C(=O)NC(C)=C2C(=O)OC. The molecule has 1 aromatic rings. The van der Waals surface area contributed by atoms with Crippen molar-refractivity contribution < 1.29 is 28.6 Å². The van der Waals surface area contributed by atoms with E-state index in [-0.39, 0.29) is 35.1 Å². The lowest BCUT2D eigenvalue weighted by molar-refractivity contribution is -0.142. The lowest BCUT2D eigenvalue weighted by Crippen LogP contribution is -2.49. The fourth-order valence-corrected chi connectivity index (χ4v) is 3.44. The molecule has 0 fully saturated rings. The number of benzene rings is 1. The summed E-state index contributed by atoms with van der Waals surface area (Å²) in [7, 11) is 1.20. The van der Waals surface area contributed by atoms with E-state index in [1.807, 2.05) is 0 Å². The summed E-state index contributed by atoms with van der Waals surface area (Å²) < 4.78 is 15.5. The van der Waals surface area contributed by atoms with Crippen LogP contribution in [0, 0.1) is 0 Å². The molecular weight excluding hydrogens is 340 g/mol. The minimum Gasteiger partial charge on any atom is -0.466 e. The van der Waals surface area contributed by atoms with Gasteiger partial charge in [-0.05, 0) is 19.9 Å². The largest absolute Gasteiger partial charge is 0.466 e. The van der Waals surface area contributed by atoms with Crippen LogP contribution in [-0.4, -0.2) is 31.6 Å². The number of carbonyl (C=O) groups excluding carboxylic acids is 3. The number of hydrogen-bond acceptors (Lipinski definition) is 7. The maximum Gasteiger partial charge on any atom is 0.341 e. The molecule has 3 rings (SSSR count). The average molecular weight is 358 g/mol. The van der Waals surface area contributed by atoms with Gasteiger partial charge < -0.3 is 25.3 Å². The summed E-state index contributed by atoms with van der Waals surface area (Å²) >= 11 is 0. The number of nitrogens with two attached hydrogens (primary N) is 1. The Balaban J connectivity index is 2.41. The van der Waals surface area contributed by atoms with Gasteiger partial charge >= 0.3 is 11.9 Å². The first kappa shape index (κ1) is 17.5. The van der Waals surface area contributed by atoms with Crippen LogP contribution in [0.15, 0.2) is 47.0 Å². The quantitative estimate of drug-likeness (QED) is 0.761.